The molecule has 15 heteroatoms. The maximum atomic E-state index is 13.9. The molecule has 0 bridgehead atoms. The molecule has 352 valence electrons. The zero-order valence-corrected chi connectivity index (χ0v) is 39.4. The fraction of sp³-hybridized carbons (Fsp3) is 0.481. The van der Waals surface area contributed by atoms with Crippen LogP contribution >= 0.6 is 0 Å². The van der Waals surface area contributed by atoms with Crippen LogP contribution in [0.3, 0.4) is 0 Å². The van der Waals surface area contributed by atoms with Gasteiger partial charge < -0.3 is 39.9 Å². The summed E-state index contributed by atoms with van der Waals surface area (Å²) in [5, 5.41) is 5.90. The molecule has 4 heterocycles. The van der Waals surface area contributed by atoms with Gasteiger partial charge in [-0.25, -0.2) is 19.6 Å². The summed E-state index contributed by atoms with van der Waals surface area (Å²) in [5.74, 6) is 0.525. The first-order chi connectivity index (χ1) is 32.3. The lowest BCUT2D eigenvalue weighted by atomic mass is 9.82. The van der Waals surface area contributed by atoms with E-state index >= 15 is 0 Å². The van der Waals surface area contributed by atoms with Crippen molar-refractivity contribution in [1.82, 2.24) is 40.4 Å². The number of carbonyl (C=O) groups excluding carboxylic acids is 4. The van der Waals surface area contributed by atoms with Crippen molar-refractivity contribution in [2.45, 2.75) is 116 Å². The van der Waals surface area contributed by atoms with Crippen LogP contribution in [0, 0.1) is 17.3 Å². The second-order valence-corrected chi connectivity index (χ2v) is 19.7. The first-order valence-corrected chi connectivity index (χ1v) is 23.9. The monoisotopic (exact) mass is 910 g/mol. The molecule has 3 fully saturated rings. The Morgan fingerprint density at radius 1 is 0.687 bits per heavy atom. The Morgan fingerprint density at radius 2 is 1.21 bits per heavy atom. The van der Waals surface area contributed by atoms with Crippen LogP contribution < -0.4 is 16.2 Å². The number of rotatable bonds is 11. The van der Waals surface area contributed by atoms with Crippen molar-refractivity contribution in [3.05, 3.63) is 93.9 Å². The summed E-state index contributed by atoms with van der Waals surface area (Å²) >= 11 is 0. The Hall–Kier alpha value is -6.51. The van der Waals surface area contributed by atoms with Gasteiger partial charge in [-0.3, -0.25) is 14.4 Å². The molecular formula is C52H62N8O7. The van der Waals surface area contributed by atoms with Crippen molar-refractivity contribution in [3.63, 3.8) is 0 Å². The Labute approximate surface area is 390 Å². The number of hydrogen-bond acceptors (Lipinski definition) is 9. The van der Waals surface area contributed by atoms with Crippen LogP contribution in [0.15, 0.2) is 65.6 Å². The van der Waals surface area contributed by atoms with Gasteiger partial charge in [0.2, 0.25) is 11.8 Å². The highest BCUT2D eigenvalue weighted by Gasteiger charge is 2.42. The van der Waals surface area contributed by atoms with Gasteiger partial charge in [0.1, 0.15) is 23.7 Å². The highest BCUT2D eigenvalue weighted by molar-refractivity contribution is 5.89. The molecule has 9 rings (SSSR count). The second kappa shape index (κ2) is 18.6. The average molecular weight is 911 g/mol. The van der Waals surface area contributed by atoms with Crippen LogP contribution in [0.4, 0.5) is 9.59 Å². The molecule has 2 aliphatic carbocycles. The number of amides is 4. The molecule has 5 aromatic rings. The Kier molecular flexibility index (Phi) is 12.7. The number of hydrogen-bond donors (Lipinski definition) is 4. The van der Waals surface area contributed by atoms with E-state index in [1.165, 1.54) is 56.6 Å². The van der Waals surface area contributed by atoms with Crippen molar-refractivity contribution in [2.24, 2.45) is 17.3 Å². The topological polar surface area (TPSA) is 192 Å². The number of ether oxygens (including phenoxy) is 2. The van der Waals surface area contributed by atoms with Gasteiger partial charge in [0, 0.05) is 13.1 Å². The lowest BCUT2D eigenvalue weighted by Crippen LogP contribution is -2.51. The maximum absolute atomic E-state index is 13.9. The standard InChI is InChI=1S/C52H62N8O7/c1-29(2)43(56-50(64)66-5)48(62)59-23-9-11-41(59)45-53-28-40(55-45)32-15-13-31(14-16-32)34-18-19-35(38-27-52(26-37(34)38)21-7-8-22-52)33-17-20-39-36(25-33)47(61)58-46(54-39)42-12-10-24-60(42)49(63)44(30(3)4)57-51(65)67-6/h13-20,25,28-30,41-44H,7-12,21-24,26-27H2,1-6H3,(H,53,55)(H,56,64)(H,57,65)(H,54,58,61)/t41-,42+,43-,44+/m0/s1. The minimum Gasteiger partial charge on any atom is -0.453 e. The minimum absolute atomic E-state index is 0.115. The highest BCUT2D eigenvalue weighted by Crippen LogP contribution is 2.53. The third kappa shape index (κ3) is 8.80. The van der Waals surface area contributed by atoms with Crippen molar-refractivity contribution < 1.29 is 28.7 Å². The van der Waals surface area contributed by atoms with E-state index in [0.717, 1.165) is 65.9 Å². The quantitative estimate of drug-likeness (QED) is 0.101. The third-order valence-corrected chi connectivity index (χ3v) is 14.8. The van der Waals surface area contributed by atoms with Crippen LogP contribution in [0.25, 0.3) is 44.4 Å². The molecule has 2 aliphatic heterocycles. The molecule has 4 aliphatic rings. The van der Waals surface area contributed by atoms with Crippen molar-refractivity contribution >= 4 is 34.9 Å². The van der Waals surface area contributed by atoms with Gasteiger partial charge >= 0.3 is 12.2 Å². The fourth-order valence-electron chi connectivity index (χ4n) is 11.3. The van der Waals surface area contributed by atoms with Crippen LogP contribution in [0.5, 0.6) is 0 Å². The number of methoxy groups -OCH3 is 2. The predicted octanol–water partition coefficient (Wildman–Crippen LogP) is 8.39. The molecule has 1 saturated carbocycles. The number of likely N-dealkylation sites (tertiary alicyclic amines) is 2. The minimum atomic E-state index is -0.771. The van der Waals surface area contributed by atoms with E-state index in [0.29, 0.717) is 36.2 Å². The normalized spacial score (nSPS) is 19.6. The molecule has 3 aromatic carbocycles. The van der Waals surface area contributed by atoms with Crippen molar-refractivity contribution in [1.29, 1.82) is 0 Å². The third-order valence-electron chi connectivity index (χ3n) is 14.8. The first kappa shape index (κ1) is 45.6. The number of aromatic amines is 2. The number of benzene rings is 3. The summed E-state index contributed by atoms with van der Waals surface area (Å²) < 4.78 is 9.59. The average Bonchev–Trinajstić information content (AvgIpc) is 4.20. The maximum Gasteiger partial charge on any atom is 0.407 e. The molecular weight excluding hydrogens is 849 g/mol. The second-order valence-electron chi connectivity index (χ2n) is 19.7. The van der Waals surface area contributed by atoms with E-state index in [1.807, 2.05) is 50.9 Å². The zero-order chi connectivity index (χ0) is 47.1. The fourth-order valence-corrected chi connectivity index (χ4v) is 11.3. The van der Waals surface area contributed by atoms with Gasteiger partial charge in [-0.05, 0) is 120 Å². The van der Waals surface area contributed by atoms with Gasteiger partial charge in [0.15, 0.2) is 0 Å². The molecule has 15 nitrogen and oxygen atoms in total. The van der Waals surface area contributed by atoms with Crippen LogP contribution in [0.2, 0.25) is 0 Å². The SMILES string of the molecule is COC(=O)N[C@H](C(=O)N1CCC[C@H]1c1ncc(-c2ccc(-c3ccc(-c4ccc5nc([C@H]6CCCN6C(=O)[C@H](NC(=O)OC)C(C)C)[nH]c(=O)c5c4)c4c3CC3(CCCC3)C4)cc2)[nH]1)C(C)C. The van der Waals surface area contributed by atoms with E-state index < -0.39 is 30.3 Å². The summed E-state index contributed by atoms with van der Waals surface area (Å²) in [4.78, 5) is 85.4. The van der Waals surface area contributed by atoms with Crippen molar-refractivity contribution in [3.8, 4) is 33.5 Å². The van der Waals surface area contributed by atoms with E-state index in [1.54, 1.807) is 4.90 Å². The van der Waals surface area contributed by atoms with Crippen molar-refractivity contribution in [2.75, 3.05) is 27.3 Å². The Balaban J connectivity index is 0.972. The van der Waals surface area contributed by atoms with Crippen LogP contribution in [-0.2, 0) is 31.9 Å². The van der Waals surface area contributed by atoms with E-state index in [2.05, 4.69) is 63.1 Å². The van der Waals surface area contributed by atoms with Gasteiger partial charge in [0.25, 0.3) is 5.56 Å². The Morgan fingerprint density at radius 3 is 1.76 bits per heavy atom. The summed E-state index contributed by atoms with van der Waals surface area (Å²) in [6.45, 7) is 8.65. The summed E-state index contributed by atoms with van der Waals surface area (Å²) in [5.41, 5.74) is 9.61. The molecule has 4 atom stereocenters. The van der Waals surface area contributed by atoms with Crippen LogP contribution in [0.1, 0.15) is 114 Å². The van der Waals surface area contributed by atoms with Crippen LogP contribution in [-0.4, -0.2) is 93.1 Å². The van der Waals surface area contributed by atoms with Gasteiger partial charge in [0.05, 0.1) is 49.1 Å². The highest BCUT2D eigenvalue weighted by atomic mass is 16.5. The number of carbonyl (C=O) groups is 4. The smallest absolute Gasteiger partial charge is 0.407 e. The lowest BCUT2D eigenvalue weighted by molar-refractivity contribution is -0.136. The largest absolute Gasteiger partial charge is 0.453 e. The molecule has 1 spiro atoms. The number of nitrogens with zero attached hydrogens (tertiary/aromatic N) is 4. The summed E-state index contributed by atoms with van der Waals surface area (Å²) in [6.07, 6.45) is 10.4. The number of fused-ring (bicyclic) bond motifs is 2. The predicted molar refractivity (Wildman–Crippen MR) is 255 cm³/mol. The summed E-state index contributed by atoms with van der Waals surface area (Å²) in [6, 6.07) is 16.9. The number of imidazole rings is 1. The van der Waals surface area contributed by atoms with E-state index in [4.69, 9.17) is 19.4 Å². The number of alkyl carbamates (subject to hydrolysis) is 2. The number of nitrogens with one attached hydrogen (secondary N) is 4. The zero-order valence-electron chi connectivity index (χ0n) is 39.4. The molecule has 67 heavy (non-hydrogen) atoms. The van der Waals surface area contributed by atoms with Gasteiger partial charge in [-0.15, -0.1) is 0 Å². The molecule has 4 amide bonds. The first-order valence-electron chi connectivity index (χ1n) is 23.9. The van der Waals surface area contributed by atoms with Gasteiger partial charge in [-0.2, -0.15) is 0 Å². The molecule has 4 N–H and O–H groups in total. The molecule has 0 radical (unpaired) electrons. The lowest BCUT2D eigenvalue weighted by Gasteiger charge is -2.30. The molecule has 0 unspecified atom stereocenters. The molecule has 2 saturated heterocycles. The van der Waals surface area contributed by atoms with E-state index in [9.17, 15) is 24.0 Å². The number of H-pyrrole nitrogens is 2. The molecule has 2 aromatic heterocycles. The number of aromatic nitrogens is 4. The van der Waals surface area contributed by atoms with Gasteiger partial charge in [-0.1, -0.05) is 83.0 Å². The van der Waals surface area contributed by atoms with E-state index in [-0.39, 0.29) is 40.7 Å². The Bertz CT molecular complexity index is 2750. The summed E-state index contributed by atoms with van der Waals surface area (Å²) in [7, 11) is 2.57.